The molecule has 44 heavy (non-hydrogen) atoms. The molecule has 0 amide bonds. The van der Waals surface area contributed by atoms with Crippen molar-refractivity contribution in [2.45, 2.75) is 51.7 Å². The van der Waals surface area contributed by atoms with Crippen LogP contribution in [0.25, 0.3) is 6.08 Å². The van der Waals surface area contributed by atoms with Crippen LogP contribution in [-0.4, -0.2) is 78.4 Å². The highest BCUT2D eigenvalue weighted by Gasteiger charge is 2.29. The van der Waals surface area contributed by atoms with Gasteiger partial charge in [-0.25, -0.2) is 4.99 Å². The second kappa shape index (κ2) is 17.5. The van der Waals surface area contributed by atoms with Crippen molar-refractivity contribution in [1.29, 1.82) is 0 Å². The van der Waals surface area contributed by atoms with Crippen LogP contribution in [0.5, 0.6) is 0 Å². The summed E-state index contributed by atoms with van der Waals surface area (Å²) in [5, 5.41) is 10.4. The highest BCUT2D eigenvalue weighted by Crippen LogP contribution is 2.15. The third kappa shape index (κ3) is 10.6. The number of aliphatic imine (C=N–C) groups is 1. The molecule has 3 rings (SSSR count). The fraction of sp³-hybridized carbons (Fsp3) is 0.389. The first-order chi connectivity index (χ1) is 21.3. The van der Waals surface area contributed by atoms with Crippen LogP contribution in [0.15, 0.2) is 83.6 Å². The fourth-order valence-corrected chi connectivity index (χ4v) is 5.07. The number of likely N-dealkylation sites (tertiary alicyclic amines) is 1. The molecule has 1 aliphatic heterocycles. The van der Waals surface area contributed by atoms with Gasteiger partial charge in [-0.3, -0.25) is 10.3 Å². The van der Waals surface area contributed by atoms with Crippen molar-refractivity contribution in [3.63, 3.8) is 0 Å². The standard InChI is InChI=1S/C36H45N7O/c1-7-30(22-32-18-15-19-37-23-32)24-38-33(8-2)25-39-35(43-20-13-14-21-43)40-27-36(5,28-44)41-29(4)34(9-3)42(6)26-31-16-11-10-12-17-31/h7,9,11,15,18-19,22-23,28-29,38,41H,1-2,13-14,20-21,24-27H2,3-6H3,(H,39,40)/b30-22+,34-9-/t29-,36?/m1/s1. The predicted octanol–water partition coefficient (Wildman–Crippen LogP) is 4.12. The van der Waals surface area contributed by atoms with Crippen molar-refractivity contribution in [3.8, 4) is 0 Å². The average molecular weight is 592 g/mol. The van der Waals surface area contributed by atoms with Gasteiger partial charge in [0.2, 0.25) is 0 Å². The number of pyridine rings is 1. The Labute approximate surface area is 264 Å². The van der Waals surface area contributed by atoms with E-state index in [0.717, 1.165) is 66.3 Å². The van der Waals surface area contributed by atoms with Gasteiger partial charge in [0.1, 0.15) is 6.29 Å². The fourth-order valence-electron chi connectivity index (χ4n) is 5.07. The van der Waals surface area contributed by atoms with E-state index in [1.165, 1.54) is 0 Å². The van der Waals surface area contributed by atoms with Gasteiger partial charge in [0, 0.05) is 69.0 Å². The molecule has 2 atom stereocenters. The summed E-state index contributed by atoms with van der Waals surface area (Å²) in [7, 11) is 2.02. The van der Waals surface area contributed by atoms with Gasteiger partial charge in [0.25, 0.3) is 0 Å². The number of nitrogens with zero attached hydrogens (tertiary/aromatic N) is 4. The molecule has 1 unspecified atom stereocenters. The Kier molecular flexibility index (Phi) is 13.5. The van der Waals surface area contributed by atoms with Crippen molar-refractivity contribution in [1.82, 2.24) is 30.7 Å². The van der Waals surface area contributed by atoms with Crippen LogP contribution >= 0.6 is 0 Å². The Morgan fingerprint density at radius 1 is 1.34 bits per heavy atom. The van der Waals surface area contributed by atoms with Crippen molar-refractivity contribution in [3.05, 3.63) is 114 Å². The number of carbonyl (C=O) groups excluding carboxylic acids is 1. The lowest BCUT2D eigenvalue weighted by Crippen LogP contribution is -2.58. The van der Waals surface area contributed by atoms with E-state index >= 15 is 0 Å². The highest BCUT2D eigenvalue weighted by molar-refractivity contribution is 5.81. The molecule has 3 N–H and O–H groups in total. The van der Waals surface area contributed by atoms with Crippen molar-refractivity contribution >= 4 is 18.3 Å². The van der Waals surface area contributed by atoms with E-state index in [1.54, 1.807) is 12.3 Å². The van der Waals surface area contributed by atoms with Gasteiger partial charge in [-0.15, -0.1) is 5.73 Å². The summed E-state index contributed by atoms with van der Waals surface area (Å²) >= 11 is 0. The number of aromatic nitrogens is 1. The molecule has 2 aromatic rings. The Balaban J connectivity index is 1.64. The zero-order chi connectivity index (χ0) is 31.8. The molecule has 1 aliphatic rings. The summed E-state index contributed by atoms with van der Waals surface area (Å²) in [6.45, 7) is 17.5. The zero-order valence-corrected chi connectivity index (χ0v) is 26.5. The van der Waals surface area contributed by atoms with E-state index in [0.29, 0.717) is 26.2 Å². The minimum atomic E-state index is -0.839. The summed E-state index contributed by atoms with van der Waals surface area (Å²) < 4.78 is 0. The van der Waals surface area contributed by atoms with Gasteiger partial charge in [0.05, 0.1) is 24.3 Å². The van der Waals surface area contributed by atoms with Crippen LogP contribution in [0.4, 0.5) is 0 Å². The molecule has 0 spiro atoms. The first-order valence-corrected chi connectivity index (χ1v) is 15.0. The molecule has 2 radical (unpaired) electrons. The maximum absolute atomic E-state index is 12.4. The SMILES string of the molecule is C=C=C(CN=C(NCC(C)(C=O)N[C@H](C)/C(=C/C)N(C)Cc1c#c[c]c[c]1)N1CCCC1)NC/C(C=C)=C/c1cccnc1. The van der Waals surface area contributed by atoms with Crippen LogP contribution in [0.3, 0.4) is 0 Å². The van der Waals surface area contributed by atoms with Gasteiger partial charge < -0.3 is 25.2 Å². The van der Waals surface area contributed by atoms with Gasteiger partial charge >= 0.3 is 0 Å². The number of allylic oxidation sites excluding steroid dienone is 1. The van der Waals surface area contributed by atoms with E-state index in [2.05, 4.69) is 86.9 Å². The number of nitrogens with one attached hydrogen (secondary N) is 3. The number of hydrogen-bond donors (Lipinski definition) is 3. The second-order valence-electron chi connectivity index (χ2n) is 11.0. The summed E-state index contributed by atoms with van der Waals surface area (Å²) in [6, 6.07) is 17.4. The van der Waals surface area contributed by atoms with Crippen LogP contribution in [0, 0.1) is 24.3 Å². The lowest BCUT2D eigenvalue weighted by molar-refractivity contribution is -0.112. The van der Waals surface area contributed by atoms with Gasteiger partial charge in [-0.05, 0) is 69.0 Å². The second-order valence-corrected chi connectivity index (χ2v) is 11.0. The van der Waals surface area contributed by atoms with E-state index in [4.69, 9.17) is 4.99 Å². The van der Waals surface area contributed by atoms with E-state index < -0.39 is 5.54 Å². The molecule has 1 saturated heterocycles. The Morgan fingerprint density at radius 3 is 2.75 bits per heavy atom. The smallest absolute Gasteiger partial charge is 0.194 e. The quantitative estimate of drug-likeness (QED) is 0.0891. The molecule has 8 nitrogen and oxygen atoms in total. The number of carbonyl (C=O) groups is 1. The van der Waals surface area contributed by atoms with Gasteiger partial charge in [0.15, 0.2) is 5.96 Å². The average Bonchev–Trinajstić information content (AvgIpc) is 3.58. The number of likely N-dealkylation sites (N-methyl/N-ethyl adjacent to an activating group) is 1. The third-order valence-electron chi connectivity index (χ3n) is 7.41. The van der Waals surface area contributed by atoms with Crippen LogP contribution in [-0.2, 0) is 11.3 Å². The first kappa shape index (κ1) is 33.9. The lowest BCUT2D eigenvalue weighted by Gasteiger charge is -2.35. The maximum atomic E-state index is 12.4. The number of hydrogen-bond acceptors (Lipinski definition) is 6. The summed E-state index contributed by atoms with van der Waals surface area (Å²) in [6.07, 6.45) is 12.7. The van der Waals surface area contributed by atoms with Gasteiger partial charge in [-0.2, -0.15) is 0 Å². The molecule has 230 valence electrons. The molecular weight excluding hydrogens is 546 g/mol. The zero-order valence-electron chi connectivity index (χ0n) is 26.5. The molecule has 0 bridgehead atoms. The van der Waals surface area contributed by atoms with Gasteiger partial charge in [-0.1, -0.05) is 43.5 Å². The number of aldehydes is 1. The van der Waals surface area contributed by atoms with Crippen molar-refractivity contribution in [2.75, 3.05) is 39.8 Å². The molecule has 1 fully saturated rings. The van der Waals surface area contributed by atoms with Crippen molar-refractivity contribution < 1.29 is 4.79 Å². The summed E-state index contributed by atoms with van der Waals surface area (Å²) in [5.74, 6) is 0.765. The topological polar surface area (TPSA) is 84.9 Å². The van der Waals surface area contributed by atoms with Crippen LogP contribution in [0.2, 0.25) is 0 Å². The lowest BCUT2D eigenvalue weighted by atomic mass is 10.0. The molecule has 2 heterocycles. The molecule has 0 aliphatic carbocycles. The Bertz CT molecular complexity index is 1340. The van der Waals surface area contributed by atoms with E-state index in [9.17, 15) is 4.79 Å². The number of guanidine groups is 1. The maximum Gasteiger partial charge on any atom is 0.194 e. The molecule has 1 aromatic heterocycles. The first-order valence-electron chi connectivity index (χ1n) is 15.0. The van der Waals surface area contributed by atoms with Crippen LogP contribution < -0.4 is 16.0 Å². The van der Waals surface area contributed by atoms with Crippen LogP contribution in [0.1, 0.15) is 44.7 Å². The number of rotatable bonds is 16. The third-order valence-corrected chi connectivity index (χ3v) is 7.41. The largest absolute Gasteiger partial charge is 0.376 e. The van der Waals surface area contributed by atoms with E-state index in [1.807, 2.05) is 51.4 Å². The minimum Gasteiger partial charge on any atom is -0.376 e. The summed E-state index contributed by atoms with van der Waals surface area (Å²) in [5.41, 5.74) is 6.90. The monoisotopic (exact) mass is 591 g/mol. The molecule has 1 aromatic carbocycles. The Morgan fingerprint density at radius 2 is 2.14 bits per heavy atom. The highest BCUT2D eigenvalue weighted by atomic mass is 16.1. The molecular formula is C36H45N7O. The minimum absolute atomic E-state index is 0.0910. The normalized spacial score (nSPS) is 15.8. The Hall–Kier alpha value is -4.57. The molecule has 8 heteroatoms. The molecule has 0 saturated carbocycles. The van der Waals surface area contributed by atoms with E-state index in [-0.39, 0.29) is 6.04 Å². The summed E-state index contributed by atoms with van der Waals surface area (Å²) in [4.78, 5) is 25.9. The predicted molar refractivity (Wildman–Crippen MR) is 178 cm³/mol. The van der Waals surface area contributed by atoms with Crippen molar-refractivity contribution in [2.24, 2.45) is 4.99 Å².